The van der Waals surface area contributed by atoms with Gasteiger partial charge in [-0.05, 0) is 5.56 Å². The number of rotatable bonds is 5. The van der Waals surface area contributed by atoms with Gasteiger partial charge < -0.3 is 14.7 Å². The molecular formula is C8H12O7P2. The van der Waals surface area contributed by atoms with Gasteiger partial charge in [-0.25, -0.2) is 4.89 Å². The van der Waals surface area contributed by atoms with Crippen LogP contribution in [0.4, 0.5) is 0 Å². The average Bonchev–Trinajstić information content (AvgIpc) is 2.16. The quantitative estimate of drug-likeness (QED) is 0.427. The minimum Gasteiger partial charge on any atom is -0.324 e. The molecule has 7 nitrogen and oxygen atoms in total. The second-order valence-electron chi connectivity index (χ2n) is 3.18. The van der Waals surface area contributed by atoms with E-state index in [4.69, 9.17) is 9.79 Å². The van der Waals surface area contributed by atoms with Gasteiger partial charge in [-0.3, -0.25) is 9.13 Å². The third-order valence-corrected chi connectivity index (χ3v) is 5.90. The molecule has 0 saturated carbocycles. The summed E-state index contributed by atoms with van der Waals surface area (Å²) in [5, 5.41) is -1.96. The SMILES string of the molecule is COOP(=O)(O)C(c1ccccc1)P(=O)(O)O. The van der Waals surface area contributed by atoms with Crippen LogP contribution in [0.1, 0.15) is 11.0 Å². The monoisotopic (exact) mass is 282 g/mol. The van der Waals surface area contributed by atoms with Crippen LogP contribution in [-0.4, -0.2) is 21.8 Å². The molecule has 17 heavy (non-hydrogen) atoms. The Bertz CT molecular complexity index is 454. The molecule has 0 aliphatic heterocycles. The fourth-order valence-electron chi connectivity index (χ4n) is 1.35. The van der Waals surface area contributed by atoms with Gasteiger partial charge in [-0.15, -0.1) is 4.67 Å². The van der Waals surface area contributed by atoms with Gasteiger partial charge in [0.05, 0.1) is 7.11 Å². The topological polar surface area (TPSA) is 113 Å². The van der Waals surface area contributed by atoms with Crippen LogP contribution in [-0.2, 0) is 18.7 Å². The molecule has 0 amide bonds. The highest BCUT2D eigenvalue weighted by Gasteiger charge is 2.47. The van der Waals surface area contributed by atoms with Crippen molar-refractivity contribution < 1.29 is 33.4 Å². The van der Waals surface area contributed by atoms with Crippen molar-refractivity contribution in [1.29, 1.82) is 0 Å². The maximum Gasteiger partial charge on any atom is 0.374 e. The smallest absolute Gasteiger partial charge is 0.324 e. The van der Waals surface area contributed by atoms with Crippen molar-refractivity contribution >= 4 is 15.2 Å². The molecule has 0 fully saturated rings. The summed E-state index contributed by atoms with van der Waals surface area (Å²) in [6, 6.07) is 7.24. The van der Waals surface area contributed by atoms with Crippen LogP contribution in [0.3, 0.4) is 0 Å². The summed E-state index contributed by atoms with van der Waals surface area (Å²) < 4.78 is 27.0. The minimum absolute atomic E-state index is 0.00344. The standard InChI is InChI=1S/C8H12O7P2/c1-14-15-17(12,13)8(16(9,10)11)7-5-3-2-4-6-7/h2-6,8H,1H3,(H,12,13)(H2,9,10,11). The van der Waals surface area contributed by atoms with E-state index < -0.39 is 20.6 Å². The third kappa shape index (κ3) is 3.72. The van der Waals surface area contributed by atoms with E-state index in [9.17, 15) is 14.0 Å². The summed E-state index contributed by atoms with van der Waals surface area (Å²) in [5.41, 5.74) is 0.00344. The highest BCUT2D eigenvalue weighted by atomic mass is 31.2. The molecule has 2 atom stereocenters. The van der Waals surface area contributed by atoms with E-state index in [1.165, 1.54) is 24.3 Å². The Hall–Kier alpha value is -0.520. The van der Waals surface area contributed by atoms with Gasteiger partial charge >= 0.3 is 15.2 Å². The van der Waals surface area contributed by atoms with Crippen molar-refractivity contribution in [3.8, 4) is 0 Å². The van der Waals surface area contributed by atoms with Crippen LogP contribution in [0.5, 0.6) is 0 Å². The maximum atomic E-state index is 11.7. The second kappa shape index (κ2) is 5.42. The van der Waals surface area contributed by atoms with Crippen LogP contribution in [0.25, 0.3) is 0 Å². The number of benzene rings is 1. The van der Waals surface area contributed by atoms with Crippen molar-refractivity contribution in [2.45, 2.75) is 5.40 Å². The summed E-state index contributed by atoms with van der Waals surface area (Å²) in [4.78, 5) is 31.8. The molecule has 3 N–H and O–H groups in total. The van der Waals surface area contributed by atoms with Crippen LogP contribution in [0.2, 0.25) is 0 Å². The Kier molecular flexibility index (Phi) is 4.63. The molecule has 0 spiro atoms. The summed E-state index contributed by atoms with van der Waals surface area (Å²) in [5.74, 6) is 0. The zero-order valence-corrected chi connectivity index (χ0v) is 10.6. The molecule has 9 heteroatoms. The number of hydrogen-bond donors (Lipinski definition) is 3. The predicted octanol–water partition coefficient (Wildman–Crippen LogP) is 1.63. The van der Waals surface area contributed by atoms with Crippen LogP contribution < -0.4 is 0 Å². The summed E-state index contributed by atoms with van der Waals surface area (Å²) in [6.07, 6.45) is 0. The van der Waals surface area contributed by atoms with Gasteiger partial charge in [-0.1, -0.05) is 30.3 Å². The van der Waals surface area contributed by atoms with Crippen LogP contribution in [0.15, 0.2) is 30.3 Å². The zero-order chi connectivity index (χ0) is 13.1. The average molecular weight is 282 g/mol. The first kappa shape index (κ1) is 14.5. The molecule has 0 heterocycles. The lowest BCUT2D eigenvalue weighted by atomic mass is 10.2. The molecule has 1 aromatic rings. The van der Waals surface area contributed by atoms with Crippen molar-refractivity contribution in [2.75, 3.05) is 7.11 Å². The van der Waals surface area contributed by atoms with Crippen LogP contribution in [0, 0.1) is 0 Å². The first-order valence-electron chi connectivity index (χ1n) is 4.44. The third-order valence-electron chi connectivity index (χ3n) is 1.91. The van der Waals surface area contributed by atoms with E-state index in [2.05, 4.69) is 9.56 Å². The predicted molar refractivity (Wildman–Crippen MR) is 59.1 cm³/mol. The Labute approximate surface area is 97.6 Å². The van der Waals surface area contributed by atoms with Crippen LogP contribution >= 0.6 is 15.2 Å². The Morgan fingerprint density at radius 2 is 1.65 bits per heavy atom. The largest absolute Gasteiger partial charge is 0.374 e. The fraction of sp³-hybridized carbons (Fsp3) is 0.250. The molecular weight excluding hydrogens is 270 g/mol. The molecule has 0 radical (unpaired) electrons. The van der Waals surface area contributed by atoms with Gasteiger partial charge in [0, 0.05) is 0 Å². The maximum absolute atomic E-state index is 11.7. The highest BCUT2D eigenvalue weighted by molar-refractivity contribution is 7.70. The second-order valence-corrected chi connectivity index (χ2v) is 7.07. The highest BCUT2D eigenvalue weighted by Crippen LogP contribution is 2.72. The Balaban J connectivity index is 3.24. The van der Waals surface area contributed by atoms with Gasteiger partial charge in [-0.2, -0.15) is 0 Å². The summed E-state index contributed by atoms with van der Waals surface area (Å²) in [7, 11) is -8.52. The molecule has 2 unspecified atom stereocenters. The molecule has 0 saturated heterocycles. The molecule has 96 valence electrons. The van der Waals surface area contributed by atoms with E-state index in [0.29, 0.717) is 0 Å². The molecule has 1 aromatic carbocycles. The number of hydrogen-bond acceptors (Lipinski definition) is 4. The van der Waals surface area contributed by atoms with Crippen molar-refractivity contribution in [3.05, 3.63) is 35.9 Å². The van der Waals surface area contributed by atoms with Crippen molar-refractivity contribution in [2.24, 2.45) is 0 Å². The van der Waals surface area contributed by atoms with E-state index in [-0.39, 0.29) is 5.56 Å². The summed E-state index contributed by atoms with van der Waals surface area (Å²) in [6.45, 7) is 0. The van der Waals surface area contributed by atoms with Crippen molar-refractivity contribution in [3.63, 3.8) is 0 Å². The molecule has 0 aromatic heterocycles. The normalized spacial score (nSPS) is 17.4. The lowest BCUT2D eigenvalue weighted by molar-refractivity contribution is -0.185. The van der Waals surface area contributed by atoms with E-state index in [0.717, 1.165) is 7.11 Å². The first-order valence-corrected chi connectivity index (χ1v) is 7.77. The van der Waals surface area contributed by atoms with E-state index >= 15 is 0 Å². The lowest BCUT2D eigenvalue weighted by Gasteiger charge is -2.22. The van der Waals surface area contributed by atoms with Gasteiger partial charge in [0.15, 0.2) is 5.40 Å². The Morgan fingerprint density at radius 3 is 2.06 bits per heavy atom. The Morgan fingerprint density at radius 1 is 1.12 bits per heavy atom. The van der Waals surface area contributed by atoms with E-state index in [1.807, 2.05) is 0 Å². The molecule has 0 aliphatic rings. The van der Waals surface area contributed by atoms with Crippen molar-refractivity contribution in [1.82, 2.24) is 0 Å². The molecule has 0 bridgehead atoms. The van der Waals surface area contributed by atoms with Gasteiger partial charge in [0.2, 0.25) is 0 Å². The zero-order valence-electron chi connectivity index (χ0n) is 8.83. The fourth-order valence-corrected chi connectivity index (χ4v) is 4.39. The van der Waals surface area contributed by atoms with Gasteiger partial charge in [0.1, 0.15) is 0 Å². The van der Waals surface area contributed by atoms with Gasteiger partial charge in [0.25, 0.3) is 0 Å². The van der Waals surface area contributed by atoms with E-state index in [1.54, 1.807) is 6.07 Å². The lowest BCUT2D eigenvalue weighted by Crippen LogP contribution is -2.04. The molecule has 1 rings (SSSR count). The molecule has 0 aliphatic carbocycles. The first-order chi connectivity index (χ1) is 7.79. The summed E-state index contributed by atoms with van der Waals surface area (Å²) >= 11 is 0. The minimum atomic E-state index is -4.87.